The maximum Gasteiger partial charge on any atom is 0.256 e. The maximum absolute atomic E-state index is 12.3. The van der Waals surface area contributed by atoms with Gasteiger partial charge in [0.2, 0.25) is 0 Å². The van der Waals surface area contributed by atoms with Crippen LogP contribution in [0, 0.1) is 0 Å². The van der Waals surface area contributed by atoms with Crippen LogP contribution in [0.15, 0.2) is 33.3 Å². The molecule has 6 heteroatoms. The molecule has 0 unspecified atom stereocenters. The van der Waals surface area contributed by atoms with Gasteiger partial charge >= 0.3 is 0 Å². The van der Waals surface area contributed by atoms with E-state index >= 15 is 0 Å². The maximum atomic E-state index is 12.3. The minimum Gasteiger partial charge on any atom is -0.319 e. The van der Waals surface area contributed by atoms with E-state index in [2.05, 4.69) is 42.3 Å². The highest BCUT2D eigenvalue weighted by Gasteiger charge is 2.14. The van der Waals surface area contributed by atoms with E-state index in [-0.39, 0.29) is 5.91 Å². The van der Waals surface area contributed by atoms with E-state index in [9.17, 15) is 4.79 Å². The number of benzene rings is 1. The van der Waals surface area contributed by atoms with Crippen LogP contribution in [0.2, 0.25) is 0 Å². The lowest BCUT2D eigenvalue weighted by Crippen LogP contribution is -2.13. The SMILES string of the molecule is CCc1nn(C)cc1NC(=O)c1cc(Br)ccc1Br. The van der Waals surface area contributed by atoms with E-state index in [1.165, 1.54) is 0 Å². The van der Waals surface area contributed by atoms with Gasteiger partial charge in [-0.3, -0.25) is 9.48 Å². The van der Waals surface area contributed by atoms with Gasteiger partial charge in [0, 0.05) is 22.2 Å². The van der Waals surface area contributed by atoms with Crippen molar-refractivity contribution in [2.75, 3.05) is 5.32 Å². The molecule has 19 heavy (non-hydrogen) atoms. The second-order valence-corrected chi connectivity index (χ2v) is 5.86. The van der Waals surface area contributed by atoms with Crippen LogP contribution in [0.5, 0.6) is 0 Å². The molecule has 0 bridgehead atoms. The van der Waals surface area contributed by atoms with Crippen LogP contribution in [0.3, 0.4) is 0 Å². The Morgan fingerprint density at radius 2 is 2.16 bits per heavy atom. The molecule has 0 fully saturated rings. The summed E-state index contributed by atoms with van der Waals surface area (Å²) in [6.45, 7) is 2.01. The Morgan fingerprint density at radius 1 is 1.42 bits per heavy atom. The van der Waals surface area contributed by atoms with E-state index < -0.39 is 0 Å². The summed E-state index contributed by atoms with van der Waals surface area (Å²) in [6, 6.07) is 5.49. The normalized spacial score (nSPS) is 10.5. The molecule has 2 rings (SSSR count). The number of carbonyl (C=O) groups is 1. The summed E-state index contributed by atoms with van der Waals surface area (Å²) in [4.78, 5) is 12.3. The second kappa shape index (κ2) is 5.88. The molecule has 0 aliphatic heterocycles. The standard InChI is InChI=1S/C13H13Br2N3O/c1-3-11-12(7-18(2)17-11)16-13(19)9-6-8(14)4-5-10(9)15/h4-7H,3H2,1-2H3,(H,16,19). The molecule has 0 atom stereocenters. The van der Waals surface area contributed by atoms with Gasteiger partial charge in [-0.15, -0.1) is 0 Å². The minimum atomic E-state index is -0.157. The first-order valence-corrected chi connectivity index (χ1v) is 7.38. The van der Waals surface area contributed by atoms with Gasteiger partial charge in [-0.25, -0.2) is 0 Å². The molecule has 1 aromatic carbocycles. The number of nitrogens with zero attached hydrogens (tertiary/aromatic N) is 2. The molecule has 100 valence electrons. The van der Waals surface area contributed by atoms with Crippen LogP contribution in [0.4, 0.5) is 5.69 Å². The van der Waals surface area contributed by atoms with Crippen LogP contribution in [-0.4, -0.2) is 15.7 Å². The fourth-order valence-electron chi connectivity index (χ4n) is 1.76. The predicted molar refractivity (Wildman–Crippen MR) is 82.4 cm³/mol. The number of anilines is 1. The zero-order valence-corrected chi connectivity index (χ0v) is 13.7. The average molecular weight is 387 g/mol. The van der Waals surface area contributed by atoms with Crippen molar-refractivity contribution in [3.8, 4) is 0 Å². The van der Waals surface area contributed by atoms with Crippen molar-refractivity contribution in [3.05, 3.63) is 44.6 Å². The van der Waals surface area contributed by atoms with E-state index in [0.717, 1.165) is 26.7 Å². The lowest BCUT2D eigenvalue weighted by Gasteiger charge is -2.06. The number of hydrogen-bond donors (Lipinski definition) is 1. The van der Waals surface area contributed by atoms with E-state index in [0.29, 0.717) is 5.56 Å². The summed E-state index contributed by atoms with van der Waals surface area (Å²) in [5.41, 5.74) is 2.21. The highest BCUT2D eigenvalue weighted by atomic mass is 79.9. The van der Waals surface area contributed by atoms with Crippen LogP contribution >= 0.6 is 31.9 Å². The van der Waals surface area contributed by atoms with Crippen LogP contribution in [0.25, 0.3) is 0 Å². The highest BCUT2D eigenvalue weighted by Crippen LogP contribution is 2.23. The molecule has 0 aliphatic rings. The Hall–Kier alpha value is -1.14. The zero-order chi connectivity index (χ0) is 14.0. The summed E-state index contributed by atoms with van der Waals surface area (Å²) >= 11 is 6.75. The fraction of sp³-hybridized carbons (Fsp3) is 0.231. The van der Waals surface area contributed by atoms with Gasteiger partial charge in [0.25, 0.3) is 5.91 Å². The summed E-state index contributed by atoms with van der Waals surface area (Å²) < 4.78 is 3.32. The number of halogens is 2. The first kappa shape index (κ1) is 14.3. The summed E-state index contributed by atoms with van der Waals surface area (Å²) in [7, 11) is 1.84. The molecule has 0 saturated carbocycles. The molecule has 2 aromatic rings. The number of aryl methyl sites for hydroxylation is 2. The molecule has 1 N–H and O–H groups in total. The summed E-state index contributed by atoms with van der Waals surface area (Å²) in [5.74, 6) is -0.157. The average Bonchev–Trinajstić information content (AvgIpc) is 2.72. The smallest absolute Gasteiger partial charge is 0.256 e. The van der Waals surface area contributed by atoms with Gasteiger partial charge < -0.3 is 5.32 Å². The minimum absolute atomic E-state index is 0.157. The van der Waals surface area contributed by atoms with Gasteiger partial charge in [0.1, 0.15) is 0 Å². The topological polar surface area (TPSA) is 46.9 Å². The number of aromatic nitrogens is 2. The van der Waals surface area contributed by atoms with Crippen molar-refractivity contribution in [1.82, 2.24) is 9.78 Å². The molecular weight excluding hydrogens is 374 g/mol. The van der Waals surface area contributed by atoms with E-state index in [1.54, 1.807) is 10.7 Å². The van der Waals surface area contributed by atoms with Gasteiger partial charge in [0.15, 0.2) is 0 Å². The third-order valence-corrected chi connectivity index (χ3v) is 3.85. The van der Waals surface area contributed by atoms with Crippen molar-refractivity contribution >= 4 is 43.5 Å². The van der Waals surface area contributed by atoms with Crippen LogP contribution < -0.4 is 5.32 Å². The molecule has 0 radical (unpaired) electrons. The van der Waals surface area contributed by atoms with Crippen molar-refractivity contribution in [2.45, 2.75) is 13.3 Å². The Labute approximate surface area is 128 Å². The Kier molecular flexibility index (Phi) is 4.42. The summed E-state index contributed by atoms with van der Waals surface area (Å²) in [6.07, 6.45) is 2.58. The fourth-order valence-corrected chi connectivity index (χ4v) is 2.55. The second-order valence-electron chi connectivity index (χ2n) is 4.09. The molecular formula is C13H13Br2N3O. The van der Waals surface area contributed by atoms with Gasteiger partial charge in [0.05, 0.1) is 16.9 Å². The Balaban J connectivity index is 2.27. The number of carbonyl (C=O) groups excluding carboxylic acids is 1. The molecule has 0 aliphatic carbocycles. The number of rotatable bonds is 3. The lowest BCUT2D eigenvalue weighted by atomic mass is 10.2. The molecule has 0 spiro atoms. The number of hydrogen-bond acceptors (Lipinski definition) is 2. The number of nitrogens with one attached hydrogen (secondary N) is 1. The van der Waals surface area contributed by atoms with Gasteiger partial charge in [-0.2, -0.15) is 5.10 Å². The van der Waals surface area contributed by atoms with E-state index in [1.807, 2.05) is 32.3 Å². The quantitative estimate of drug-likeness (QED) is 0.872. The first-order chi connectivity index (χ1) is 9.01. The van der Waals surface area contributed by atoms with Gasteiger partial charge in [-0.1, -0.05) is 22.9 Å². The highest BCUT2D eigenvalue weighted by molar-refractivity contribution is 9.11. The molecule has 1 amide bonds. The van der Waals surface area contributed by atoms with E-state index in [4.69, 9.17) is 0 Å². The third kappa shape index (κ3) is 3.25. The third-order valence-electron chi connectivity index (χ3n) is 2.66. The van der Waals surface area contributed by atoms with Gasteiger partial charge in [-0.05, 0) is 40.5 Å². The van der Waals surface area contributed by atoms with Crippen molar-refractivity contribution in [3.63, 3.8) is 0 Å². The molecule has 1 heterocycles. The largest absolute Gasteiger partial charge is 0.319 e. The monoisotopic (exact) mass is 385 g/mol. The summed E-state index contributed by atoms with van der Waals surface area (Å²) in [5, 5.41) is 7.19. The zero-order valence-electron chi connectivity index (χ0n) is 10.6. The lowest BCUT2D eigenvalue weighted by molar-refractivity contribution is 0.102. The number of amides is 1. The van der Waals surface area contributed by atoms with Crippen LogP contribution in [-0.2, 0) is 13.5 Å². The molecule has 1 aromatic heterocycles. The van der Waals surface area contributed by atoms with Crippen molar-refractivity contribution in [2.24, 2.45) is 7.05 Å². The predicted octanol–water partition coefficient (Wildman–Crippen LogP) is 3.76. The molecule has 0 saturated heterocycles. The van der Waals surface area contributed by atoms with Crippen molar-refractivity contribution in [1.29, 1.82) is 0 Å². The molecule has 4 nitrogen and oxygen atoms in total. The Bertz CT molecular complexity index is 622. The van der Waals surface area contributed by atoms with Crippen LogP contribution in [0.1, 0.15) is 23.0 Å². The Morgan fingerprint density at radius 3 is 2.84 bits per heavy atom. The first-order valence-electron chi connectivity index (χ1n) is 5.80. The van der Waals surface area contributed by atoms with Crippen molar-refractivity contribution < 1.29 is 4.79 Å².